The Kier molecular flexibility index (Phi) is 17.6. The Morgan fingerprint density at radius 1 is 1.18 bits per heavy atom. The maximum absolute atomic E-state index is 14.3. The summed E-state index contributed by atoms with van der Waals surface area (Å²) in [7, 11) is -1.18. The van der Waals surface area contributed by atoms with Crippen molar-refractivity contribution in [1.29, 1.82) is 0 Å². The fraction of sp³-hybridized carbons (Fsp3) is 0.609. The quantitative estimate of drug-likeness (QED) is 0.0266. The Labute approximate surface area is 405 Å². The first-order valence-electron chi connectivity index (χ1n) is 22.7. The molecule has 3 amide bonds. The second kappa shape index (κ2) is 22.0. The van der Waals surface area contributed by atoms with Gasteiger partial charge in [0.15, 0.2) is 21.8 Å². The molecule has 2 saturated heterocycles. The van der Waals surface area contributed by atoms with Crippen LogP contribution in [0.25, 0.3) is 10.4 Å². The molecule has 0 unspecified atom stereocenters. The number of thioether (sulfide) groups is 1. The van der Waals surface area contributed by atoms with Crippen molar-refractivity contribution in [2.24, 2.45) is 17.0 Å². The van der Waals surface area contributed by atoms with Crippen LogP contribution in [0.1, 0.15) is 77.0 Å². The highest BCUT2D eigenvalue weighted by Crippen LogP contribution is 2.49. The van der Waals surface area contributed by atoms with E-state index in [0.717, 1.165) is 33.7 Å². The molecule has 0 radical (unpaired) electrons. The molecule has 2 N–H and O–H groups in total. The van der Waals surface area contributed by atoms with Gasteiger partial charge in [0.25, 0.3) is 0 Å². The van der Waals surface area contributed by atoms with Gasteiger partial charge in [-0.15, -0.1) is 0 Å². The van der Waals surface area contributed by atoms with Crippen LogP contribution in [0, 0.1) is 18.8 Å². The largest absolute Gasteiger partial charge is 0.457 e. The number of nitrogens with one attached hydrogen (secondary N) is 1. The van der Waals surface area contributed by atoms with Crippen molar-refractivity contribution in [1.82, 2.24) is 20.2 Å². The molecule has 0 spiro atoms. The van der Waals surface area contributed by atoms with E-state index in [-0.39, 0.29) is 37.6 Å². The SMILES string of the molecule is C/C1=C\C=C\[C@@H](C)[C@@]2(O)C[C@H](OC(=O)N2)[C@@H](C)[C@@H]2O[C@]2(C)[C@@H](OC(=O)[C@H](C)N(C)C(=O)CCC[Si](C)(C)O[Si](C)(C)CSc2ncc(CN=[N+]=[N-])cn2)CC(=O)N(C)c2cc(cc(C)c2Cl)C1. The van der Waals surface area contributed by atoms with Crippen LogP contribution < -0.4 is 10.2 Å². The highest BCUT2D eigenvalue weighted by Gasteiger charge is 2.64. The van der Waals surface area contributed by atoms with E-state index in [2.05, 4.69) is 51.5 Å². The summed E-state index contributed by atoms with van der Waals surface area (Å²) >= 11 is 8.37. The van der Waals surface area contributed by atoms with Gasteiger partial charge in [-0.05, 0) is 101 Å². The molecule has 0 aliphatic carbocycles. The first-order chi connectivity index (χ1) is 31.3. The summed E-state index contributed by atoms with van der Waals surface area (Å²) in [6.45, 7) is 19.7. The number of ether oxygens (including phenoxy) is 3. The van der Waals surface area contributed by atoms with E-state index in [9.17, 15) is 24.3 Å². The molecule has 21 heteroatoms. The van der Waals surface area contributed by atoms with Crippen LogP contribution in [0.5, 0.6) is 0 Å². The van der Waals surface area contributed by atoms with Crippen LogP contribution in [0.15, 0.2) is 58.6 Å². The van der Waals surface area contributed by atoms with Gasteiger partial charge in [0.1, 0.15) is 29.6 Å². The number of aromatic nitrogens is 2. The first kappa shape index (κ1) is 53.7. The van der Waals surface area contributed by atoms with Gasteiger partial charge < -0.3 is 33.2 Å². The number of halogens is 1. The molecule has 2 aromatic rings. The zero-order valence-corrected chi connectivity index (χ0v) is 44.4. The maximum atomic E-state index is 14.3. The van der Waals surface area contributed by atoms with Gasteiger partial charge in [-0.25, -0.2) is 19.6 Å². The molecule has 2 fully saturated rings. The van der Waals surface area contributed by atoms with E-state index in [4.69, 9.17) is 35.5 Å². The van der Waals surface area contributed by atoms with Gasteiger partial charge in [-0.1, -0.05) is 72.2 Å². The van der Waals surface area contributed by atoms with Crippen LogP contribution in [0.3, 0.4) is 0 Å². The fourth-order valence-electron chi connectivity index (χ4n) is 8.68. The van der Waals surface area contributed by atoms with Crippen molar-refractivity contribution in [2.75, 3.05) is 24.4 Å². The third kappa shape index (κ3) is 13.9. The number of azide groups is 1. The van der Waals surface area contributed by atoms with E-state index in [1.54, 1.807) is 40.3 Å². The number of hydrogen-bond donors (Lipinski definition) is 2. The summed E-state index contributed by atoms with van der Waals surface area (Å²) in [5.41, 5.74) is 9.70. The van der Waals surface area contributed by atoms with Crippen molar-refractivity contribution in [3.63, 3.8) is 0 Å². The number of anilines is 1. The van der Waals surface area contributed by atoms with Gasteiger partial charge in [0.05, 0.1) is 29.8 Å². The van der Waals surface area contributed by atoms with E-state index in [1.165, 1.54) is 21.6 Å². The normalized spacial score (nSPS) is 27.5. The molecule has 17 nitrogen and oxygen atoms in total. The van der Waals surface area contributed by atoms with Crippen molar-refractivity contribution < 1.29 is 42.6 Å². The lowest BCUT2D eigenvalue weighted by molar-refractivity contribution is -0.162. The molecule has 0 saturated carbocycles. The van der Waals surface area contributed by atoms with Crippen LogP contribution in [0.2, 0.25) is 37.3 Å². The molecule has 4 bridgehead atoms. The molecular weight excluding hydrogens is 932 g/mol. The highest BCUT2D eigenvalue weighted by molar-refractivity contribution is 8.00. The predicted molar refractivity (Wildman–Crippen MR) is 263 cm³/mol. The van der Waals surface area contributed by atoms with Gasteiger partial charge in [-0.2, -0.15) is 0 Å². The van der Waals surface area contributed by atoms with Gasteiger partial charge in [0, 0.05) is 61.5 Å². The second-order valence-electron chi connectivity index (χ2n) is 19.7. The Bertz CT molecular complexity index is 2280. The number of carbonyl (C=O) groups excluding carboxylic acids is 4. The molecule has 3 aliphatic heterocycles. The topological polar surface area (TPSA) is 222 Å². The van der Waals surface area contributed by atoms with E-state index in [1.807, 2.05) is 58.1 Å². The lowest BCUT2D eigenvalue weighted by atomic mass is 9.82. The van der Waals surface area contributed by atoms with Gasteiger partial charge in [-0.3, -0.25) is 14.9 Å². The molecule has 3 aliphatic rings. The lowest BCUT2D eigenvalue weighted by Crippen LogP contribution is -2.60. The number of likely N-dealkylation sites (N-methyl/N-ethyl adjacent to an activating group) is 1. The number of amides is 3. The van der Waals surface area contributed by atoms with Crippen molar-refractivity contribution in [3.05, 3.63) is 80.5 Å². The molecule has 67 heavy (non-hydrogen) atoms. The van der Waals surface area contributed by atoms with E-state index in [0.29, 0.717) is 28.7 Å². The number of aryl methyl sites for hydroxylation is 1. The molecule has 8 atom stereocenters. The summed E-state index contributed by atoms with van der Waals surface area (Å²) < 4.78 is 25.1. The second-order valence-corrected chi connectivity index (χ2v) is 30.2. The smallest absolute Gasteiger partial charge is 0.409 e. The highest BCUT2D eigenvalue weighted by atomic mass is 35.5. The summed E-state index contributed by atoms with van der Waals surface area (Å²) in [4.78, 5) is 69.3. The predicted octanol–water partition coefficient (Wildman–Crippen LogP) is 8.57. The minimum Gasteiger partial charge on any atom is -0.457 e. The number of aliphatic hydroxyl groups is 1. The van der Waals surface area contributed by atoms with E-state index < -0.39 is 76.2 Å². The molecule has 4 heterocycles. The number of carbonyl (C=O) groups is 4. The zero-order chi connectivity index (χ0) is 49.6. The Morgan fingerprint density at radius 3 is 2.54 bits per heavy atom. The minimum atomic E-state index is -2.21. The number of benzene rings is 1. The number of rotatable bonds is 14. The maximum Gasteiger partial charge on any atom is 0.409 e. The summed E-state index contributed by atoms with van der Waals surface area (Å²) in [6, 6.07) is 3.57. The Hall–Kier alpha value is -4.28. The number of epoxide rings is 1. The average molecular weight is 1000 g/mol. The van der Waals surface area contributed by atoms with Crippen molar-refractivity contribution in [2.45, 2.75) is 153 Å². The first-order valence-corrected chi connectivity index (χ1v) is 30.3. The fourth-order valence-corrected chi connectivity index (χ4v) is 19.3. The monoisotopic (exact) mass is 998 g/mol. The standard InChI is InChI=1S/C46H67ClN8O9SSi2/c1-28-15-13-16-30(3)46(60)23-36(61-44(59)52-46)31(4)41-45(6,63-41)37(22-39(57)55(8)35-21-33(19-28)20-29(2)40(35)47)62-42(58)32(5)54(7)38(56)17-14-18-66(9,10)64-67(11,12)27-65-43-49-24-34(25-50-43)26-51-53-48/h13,15-16,20-21,24-25,30-32,36-37,41,60H,14,17-19,22-23,26-27H2,1-12H3,(H,52,59)/b16-13+,28-15+/t30-,31-,32+,36+,37+,41+,45-,46+/m1/s1. The van der Waals surface area contributed by atoms with Crippen LogP contribution in [-0.2, 0) is 45.7 Å². The van der Waals surface area contributed by atoms with Crippen molar-refractivity contribution >= 4 is 69.6 Å². The third-order valence-corrected chi connectivity index (χ3v) is 23.2. The molecule has 5 rings (SSSR count). The molecule has 1 aromatic carbocycles. The van der Waals surface area contributed by atoms with Gasteiger partial charge >= 0.3 is 12.1 Å². The molecule has 366 valence electrons. The summed E-state index contributed by atoms with van der Waals surface area (Å²) in [5, 5.41) is 19.7. The summed E-state index contributed by atoms with van der Waals surface area (Å²) in [6.07, 6.45) is 6.75. The Balaban J connectivity index is 1.28. The number of fused-ring (bicyclic) bond motifs is 5. The zero-order valence-electron chi connectivity index (χ0n) is 40.8. The number of nitrogens with zero attached hydrogens (tertiary/aromatic N) is 7. The van der Waals surface area contributed by atoms with E-state index >= 15 is 0 Å². The van der Waals surface area contributed by atoms with Crippen LogP contribution in [0.4, 0.5) is 10.5 Å². The number of hydrogen-bond acceptors (Lipinski definition) is 13. The van der Waals surface area contributed by atoms with Crippen molar-refractivity contribution in [3.8, 4) is 0 Å². The lowest BCUT2D eigenvalue weighted by Gasteiger charge is -2.41. The third-order valence-electron chi connectivity index (χ3n) is 12.9. The minimum absolute atomic E-state index is 0.0573. The number of alkyl carbamates (subject to hydrolysis) is 1. The molecule has 1 aromatic heterocycles. The number of esters is 1. The van der Waals surface area contributed by atoms with Crippen LogP contribution in [-0.4, -0.2) is 116 Å². The Morgan fingerprint density at radius 2 is 1.87 bits per heavy atom. The van der Waals surface area contributed by atoms with Crippen LogP contribution >= 0.6 is 23.4 Å². The number of allylic oxidation sites excluding steroid dienone is 3. The summed E-state index contributed by atoms with van der Waals surface area (Å²) in [5.74, 6) is -2.31. The average Bonchev–Trinajstić information content (AvgIpc) is 3.95. The molecular formula is C46H67ClN8O9SSi2. The van der Waals surface area contributed by atoms with Gasteiger partial charge in [0.2, 0.25) is 11.8 Å².